The largest absolute Gasteiger partial charge is 2.00 e. The molecule has 0 bridgehead atoms. The van der Waals surface area contributed by atoms with Gasteiger partial charge in [-0.05, 0) is 0 Å². The minimum absolute atomic E-state index is 0. The minimum Gasteiger partial charge on any atom is -0.317 e. The molecule has 2 aliphatic carbocycles. The molecule has 0 spiro atoms. The van der Waals surface area contributed by atoms with E-state index in [-0.39, 0.29) is 17.1 Å². The summed E-state index contributed by atoms with van der Waals surface area (Å²) >= 11 is 0. The number of hydrogen-bond acceptors (Lipinski definition) is 0. The van der Waals surface area contributed by atoms with E-state index in [1.54, 1.807) is 11.8 Å². The summed E-state index contributed by atoms with van der Waals surface area (Å²) in [5, 5.41) is 0. The van der Waals surface area contributed by atoms with E-state index in [1.807, 2.05) is 0 Å². The van der Waals surface area contributed by atoms with Crippen LogP contribution in [-0.2, 0) is 17.1 Å². The Balaban J connectivity index is 0.000000283. The summed E-state index contributed by atoms with van der Waals surface area (Å²) in [4.78, 5) is 0. The van der Waals surface area contributed by atoms with E-state index in [0.29, 0.717) is 0 Å². The Morgan fingerprint density at radius 3 is 1.69 bits per heavy atom. The van der Waals surface area contributed by atoms with Crippen LogP contribution in [0.15, 0.2) is 0 Å². The molecule has 96 valence electrons. The molecule has 0 aromatic heterocycles. The SMILES string of the molecule is C[C-]1CCCC1.C[C-]1CCCC1C(C)C.[Fe+2]. The molecule has 0 saturated heterocycles. The third-order valence-corrected chi connectivity index (χ3v) is 3.98. The van der Waals surface area contributed by atoms with Gasteiger partial charge in [0, 0.05) is 0 Å². The maximum Gasteiger partial charge on any atom is 2.00 e. The van der Waals surface area contributed by atoms with Gasteiger partial charge in [-0.25, -0.2) is 0 Å². The second-order valence-corrected chi connectivity index (χ2v) is 5.75. The van der Waals surface area contributed by atoms with Crippen LogP contribution >= 0.6 is 0 Å². The van der Waals surface area contributed by atoms with E-state index in [9.17, 15) is 0 Å². The van der Waals surface area contributed by atoms with Gasteiger partial charge in [0.2, 0.25) is 0 Å². The van der Waals surface area contributed by atoms with Gasteiger partial charge in [0.1, 0.15) is 0 Å². The Hall–Kier alpha value is 0.519. The normalized spacial score (nSPS) is 26.4. The third-order valence-electron chi connectivity index (χ3n) is 3.98. The zero-order valence-electron chi connectivity index (χ0n) is 11.5. The van der Waals surface area contributed by atoms with Gasteiger partial charge in [-0.15, -0.1) is 0 Å². The van der Waals surface area contributed by atoms with Crippen molar-refractivity contribution in [2.75, 3.05) is 0 Å². The van der Waals surface area contributed by atoms with Gasteiger partial charge in [-0.3, -0.25) is 0 Å². The Labute approximate surface area is 113 Å². The molecular weight excluding hydrogens is 236 g/mol. The number of hydrogen-bond donors (Lipinski definition) is 0. The quantitative estimate of drug-likeness (QED) is 0.451. The first-order valence-electron chi connectivity index (χ1n) is 6.75. The van der Waals surface area contributed by atoms with Crippen LogP contribution in [0.5, 0.6) is 0 Å². The molecule has 1 heteroatoms. The van der Waals surface area contributed by atoms with E-state index < -0.39 is 0 Å². The fourth-order valence-corrected chi connectivity index (χ4v) is 2.91. The van der Waals surface area contributed by atoms with Crippen LogP contribution < -0.4 is 0 Å². The second-order valence-electron chi connectivity index (χ2n) is 5.75. The average molecular weight is 264 g/mol. The third kappa shape index (κ3) is 5.73. The molecular formula is C15H28Fe. The smallest absolute Gasteiger partial charge is 0.317 e. The van der Waals surface area contributed by atoms with Crippen molar-refractivity contribution in [3.8, 4) is 0 Å². The molecule has 2 aliphatic rings. The molecule has 0 radical (unpaired) electrons. The van der Waals surface area contributed by atoms with Crippen LogP contribution in [0.1, 0.15) is 72.6 Å². The van der Waals surface area contributed by atoms with Crippen LogP contribution in [-0.4, -0.2) is 0 Å². The summed E-state index contributed by atoms with van der Waals surface area (Å²) in [6.07, 6.45) is 9.98. The van der Waals surface area contributed by atoms with Crippen molar-refractivity contribution in [2.45, 2.75) is 72.6 Å². The average Bonchev–Trinajstić information content (AvgIpc) is 2.77. The van der Waals surface area contributed by atoms with E-state index in [1.165, 1.54) is 44.9 Å². The van der Waals surface area contributed by atoms with Gasteiger partial charge in [0.15, 0.2) is 0 Å². The van der Waals surface area contributed by atoms with Crippen molar-refractivity contribution in [1.29, 1.82) is 0 Å². The van der Waals surface area contributed by atoms with Gasteiger partial charge in [0.25, 0.3) is 0 Å². The molecule has 0 aliphatic heterocycles. The van der Waals surface area contributed by atoms with Crippen LogP contribution in [0, 0.1) is 23.7 Å². The number of rotatable bonds is 1. The van der Waals surface area contributed by atoms with Crippen molar-refractivity contribution in [3.63, 3.8) is 0 Å². The standard InChI is InChI=1S/C9H17.C6H11.Fe/c1-7(2)9-6-4-5-8(9)3;1-6-4-2-3-5-6;/h7,9H,4-6H2,1-3H3;2-5H2,1H3;/q2*-1;+2. The monoisotopic (exact) mass is 264 g/mol. The molecule has 16 heavy (non-hydrogen) atoms. The van der Waals surface area contributed by atoms with Crippen molar-refractivity contribution >= 4 is 0 Å². The predicted molar refractivity (Wildman–Crippen MR) is 68.5 cm³/mol. The molecule has 2 saturated carbocycles. The predicted octanol–water partition coefficient (Wildman–Crippen LogP) is 5.19. The maximum absolute atomic E-state index is 2.33. The summed E-state index contributed by atoms with van der Waals surface area (Å²) < 4.78 is 0. The fourth-order valence-electron chi connectivity index (χ4n) is 2.91. The zero-order valence-corrected chi connectivity index (χ0v) is 12.6. The summed E-state index contributed by atoms with van der Waals surface area (Å²) in [5.74, 6) is 5.28. The first-order valence-corrected chi connectivity index (χ1v) is 6.75. The van der Waals surface area contributed by atoms with E-state index in [2.05, 4.69) is 27.7 Å². The van der Waals surface area contributed by atoms with E-state index >= 15 is 0 Å². The fraction of sp³-hybridized carbons (Fsp3) is 0.867. The van der Waals surface area contributed by atoms with Crippen LogP contribution in [0.4, 0.5) is 0 Å². The molecule has 0 heterocycles. The summed E-state index contributed by atoms with van der Waals surface area (Å²) in [7, 11) is 0. The Bertz CT molecular complexity index is 159. The Kier molecular flexibility index (Phi) is 8.87. The van der Waals surface area contributed by atoms with Gasteiger partial charge < -0.3 is 11.8 Å². The first kappa shape index (κ1) is 16.5. The molecule has 1 unspecified atom stereocenters. The van der Waals surface area contributed by atoms with Crippen molar-refractivity contribution in [1.82, 2.24) is 0 Å². The molecule has 2 rings (SSSR count). The Morgan fingerprint density at radius 2 is 1.50 bits per heavy atom. The zero-order chi connectivity index (χ0) is 11.3. The topological polar surface area (TPSA) is 0 Å². The molecule has 2 fully saturated rings. The molecule has 0 nitrogen and oxygen atoms in total. The van der Waals surface area contributed by atoms with Gasteiger partial charge in [-0.1, -0.05) is 45.4 Å². The summed E-state index contributed by atoms with van der Waals surface area (Å²) in [6, 6.07) is 0. The molecule has 0 N–H and O–H groups in total. The van der Waals surface area contributed by atoms with Crippen LogP contribution in [0.3, 0.4) is 0 Å². The molecule has 0 amide bonds. The van der Waals surface area contributed by atoms with Gasteiger partial charge in [-0.2, -0.15) is 39.0 Å². The maximum atomic E-state index is 2.33. The van der Waals surface area contributed by atoms with Crippen molar-refractivity contribution < 1.29 is 17.1 Å². The Morgan fingerprint density at radius 1 is 0.938 bits per heavy atom. The van der Waals surface area contributed by atoms with Crippen LogP contribution in [0.2, 0.25) is 0 Å². The van der Waals surface area contributed by atoms with Gasteiger partial charge in [0.05, 0.1) is 0 Å². The summed E-state index contributed by atoms with van der Waals surface area (Å²) in [6.45, 7) is 9.24. The van der Waals surface area contributed by atoms with E-state index in [4.69, 9.17) is 0 Å². The molecule has 1 atom stereocenters. The molecule has 0 aromatic rings. The molecule has 0 aromatic carbocycles. The van der Waals surface area contributed by atoms with Crippen molar-refractivity contribution in [3.05, 3.63) is 11.8 Å². The van der Waals surface area contributed by atoms with Crippen molar-refractivity contribution in [2.24, 2.45) is 11.8 Å². The second kappa shape index (κ2) is 8.59. The summed E-state index contributed by atoms with van der Waals surface area (Å²) in [5.41, 5.74) is 0. The van der Waals surface area contributed by atoms with Crippen LogP contribution in [0.25, 0.3) is 0 Å². The van der Waals surface area contributed by atoms with E-state index in [0.717, 1.165) is 11.8 Å². The van der Waals surface area contributed by atoms with Gasteiger partial charge >= 0.3 is 17.1 Å². The minimum atomic E-state index is 0. The first-order chi connectivity index (χ1) is 7.11.